The molecule has 0 bridgehead atoms. The van der Waals surface area contributed by atoms with Crippen LogP contribution < -0.4 is 0 Å². The fraction of sp³-hybridized carbons (Fsp3) is 0.867. The van der Waals surface area contributed by atoms with Crippen LogP contribution >= 0.6 is 0 Å². The second-order valence-corrected chi connectivity index (χ2v) is 6.70. The maximum absolute atomic E-state index is 10.6. The van der Waals surface area contributed by atoms with Gasteiger partial charge < -0.3 is 5.11 Å². The molecule has 0 aromatic rings. The zero-order valence-electron chi connectivity index (χ0n) is 11.7. The van der Waals surface area contributed by atoms with E-state index in [1.807, 2.05) is 6.92 Å². The first kappa shape index (κ1) is 13.1. The number of allylic oxidation sites excluding steroid dienone is 1. The van der Waals surface area contributed by atoms with Gasteiger partial charge in [0.2, 0.25) is 0 Å². The summed E-state index contributed by atoms with van der Waals surface area (Å²) in [5, 5.41) is 10.6. The Morgan fingerprint density at radius 1 is 1.47 bits per heavy atom. The number of hydrogen-bond donors (Lipinski definition) is 1. The maximum Gasteiger partial charge on any atom is 0.0774 e. The van der Waals surface area contributed by atoms with Gasteiger partial charge in [0, 0.05) is 18.6 Å². The first-order chi connectivity index (χ1) is 7.83. The van der Waals surface area contributed by atoms with Crippen LogP contribution in [0.4, 0.5) is 0 Å². The van der Waals surface area contributed by atoms with Crippen LogP contribution in [0.25, 0.3) is 0 Å². The van der Waals surface area contributed by atoms with Gasteiger partial charge in [-0.3, -0.25) is 4.90 Å². The molecule has 0 spiro atoms. The predicted molar refractivity (Wildman–Crippen MR) is 71.9 cm³/mol. The maximum atomic E-state index is 10.6. The predicted octanol–water partition coefficient (Wildman–Crippen LogP) is 2.82. The molecule has 2 heteroatoms. The summed E-state index contributed by atoms with van der Waals surface area (Å²) in [4.78, 5) is 2.50. The van der Waals surface area contributed by atoms with Crippen molar-refractivity contribution in [2.75, 3.05) is 6.54 Å². The number of rotatable bonds is 3. The SMILES string of the molecule is C=C(C)[C@@H]1CC[C@](C)(O)[C@@H](N2C[C@@H]2C(C)C)C1. The topological polar surface area (TPSA) is 23.2 Å². The lowest BCUT2D eigenvalue weighted by molar-refractivity contribution is -0.0441. The van der Waals surface area contributed by atoms with Crippen LogP contribution in [0.3, 0.4) is 0 Å². The Bertz CT molecular complexity index is 308. The van der Waals surface area contributed by atoms with E-state index < -0.39 is 5.60 Å². The van der Waals surface area contributed by atoms with Crippen LogP contribution in [0.1, 0.15) is 47.0 Å². The van der Waals surface area contributed by atoms with Crippen molar-refractivity contribution in [2.45, 2.75) is 64.6 Å². The van der Waals surface area contributed by atoms with Gasteiger partial charge in [-0.05, 0) is 44.9 Å². The van der Waals surface area contributed by atoms with Gasteiger partial charge in [0.25, 0.3) is 0 Å². The fourth-order valence-corrected chi connectivity index (χ4v) is 3.34. The summed E-state index contributed by atoms with van der Waals surface area (Å²) in [5.41, 5.74) is 0.781. The van der Waals surface area contributed by atoms with Crippen molar-refractivity contribution in [2.24, 2.45) is 11.8 Å². The summed E-state index contributed by atoms with van der Waals surface area (Å²) in [6.07, 6.45) is 3.10. The molecule has 1 N–H and O–H groups in total. The summed E-state index contributed by atoms with van der Waals surface area (Å²) in [6.45, 7) is 14.0. The van der Waals surface area contributed by atoms with Gasteiger partial charge in [-0.25, -0.2) is 0 Å². The highest BCUT2D eigenvalue weighted by Gasteiger charge is 2.50. The van der Waals surface area contributed by atoms with E-state index in [1.54, 1.807) is 0 Å². The zero-order chi connectivity index (χ0) is 12.8. The standard InChI is InChI=1S/C15H27NO/c1-10(2)12-6-7-15(5,17)14(8-12)16-9-13(16)11(3)4/h11-14,17H,1,6-9H2,2-5H3/t12-,13-,14+,15+,16?/m1/s1. The van der Waals surface area contributed by atoms with E-state index in [1.165, 1.54) is 12.1 Å². The van der Waals surface area contributed by atoms with E-state index in [-0.39, 0.29) is 0 Å². The van der Waals surface area contributed by atoms with Crippen LogP contribution in [0.15, 0.2) is 12.2 Å². The molecule has 2 rings (SSSR count). The Kier molecular flexibility index (Phi) is 3.39. The Labute approximate surface area is 106 Å². The zero-order valence-corrected chi connectivity index (χ0v) is 11.7. The Morgan fingerprint density at radius 3 is 2.59 bits per heavy atom. The minimum absolute atomic E-state index is 0.338. The Hall–Kier alpha value is -0.340. The fourth-order valence-electron chi connectivity index (χ4n) is 3.34. The summed E-state index contributed by atoms with van der Waals surface area (Å²) >= 11 is 0. The highest BCUT2D eigenvalue weighted by molar-refractivity contribution is 5.09. The van der Waals surface area contributed by atoms with E-state index >= 15 is 0 Å². The molecule has 1 aliphatic heterocycles. The lowest BCUT2D eigenvalue weighted by Gasteiger charge is -2.42. The quantitative estimate of drug-likeness (QED) is 0.602. The Morgan fingerprint density at radius 2 is 2.12 bits per heavy atom. The van der Waals surface area contributed by atoms with E-state index in [2.05, 4.69) is 32.3 Å². The van der Waals surface area contributed by atoms with Gasteiger partial charge in [0.05, 0.1) is 5.60 Å². The van der Waals surface area contributed by atoms with Crippen molar-refractivity contribution < 1.29 is 5.11 Å². The van der Waals surface area contributed by atoms with Crippen molar-refractivity contribution >= 4 is 0 Å². The van der Waals surface area contributed by atoms with Crippen molar-refractivity contribution in [3.8, 4) is 0 Å². The molecule has 1 saturated carbocycles. The van der Waals surface area contributed by atoms with Gasteiger partial charge in [-0.1, -0.05) is 26.0 Å². The van der Waals surface area contributed by atoms with Gasteiger partial charge in [0.15, 0.2) is 0 Å². The van der Waals surface area contributed by atoms with E-state index in [9.17, 15) is 5.11 Å². The van der Waals surface area contributed by atoms with Crippen LogP contribution in [0.5, 0.6) is 0 Å². The lowest BCUT2D eigenvalue weighted by atomic mass is 9.74. The third kappa shape index (κ3) is 2.58. The largest absolute Gasteiger partial charge is 0.389 e. The molecule has 0 aromatic carbocycles. The van der Waals surface area contributed by atoms with Gasteiger partial charge in [-0.15, -0.1) is 0 Å². The molecule has 0 aromatic heterocycles. The summed E-state index contributed by atoms with van der Waals surface area (Å²) in [7, 11) is 0. The molecule has 2 nitrogen and oxygen atoms in total. The first-order valence-corrected chi connectivity index (χ1v) is 6.96. The molecule has 1 unspecified atom stereocenters. The van der Waals surface area contributed by atoms with Crippen LogP contribution in [0.2, 0.25) is 0 Å². The van der Waals surface area contributed by atoms with E-state index in [0.29, 0.717) is 23.9 Å². The van der Waals surface area contributed by atoms with Crippen molar-refractivity contribution in [3.63, 3.8) is 0 Å². The normalized spacial score (nSPS) is 46.0. The van der Waals surface area contributed by atoms with E-state index in [4.69, 9.17) is 0 Å². The first-order valence-electron chi connectivity index (χ1n) is 6.96. The highest BCUT2D eigenvalue weighted by Crippen LogP contribution is 2.43. The number of nitrogens with zero attached hydrogens (tertiary/aromatic N) is 1. The molecular weight excluding hydrogens is 210 g/mol. The molecule has 5 atom stereocenters. The highest BCUT2D eigenvalue weighted by atomic mass is 16.3. The summed E-state index contributed by atoms with van der Waals surface area (Å²) < 4.78 is 0. The minimum Gasteiger partial charge on any atom is -0.389 e. The third-order valence-corrected chi connectivity index (χ3v) is 4.78. The summed E-state index contributed by atoms with van der Waals surface area (Å²) in [5.74, 6) is 1.31. The van der Waals surface area contributed by atoms with Gasteiger partial charge in [-0.2, -0.15) is 0 Å². The van der Waals surface area contributed by atoms with Gasteiger partial charge >= 0.3 is 0 Å². The number of hydrogen-bond acceptors (Lipinski definition) is 2. The second kappa shape index (κ2) is 4.40. The summed E-state index contributed by atoms with van der Waals surface area (Å²) in [6, 6.07) is 1.03. The molecule has 1 heterocycles. The lowest BCUT2D eigenvalue weighted by Crippen LogP contribution is -2.49. The Balaban J connectivity index is 2.05. The monoisotopic (exact) mass is 237 g/mol. The van der Waals surface area contributed by atoms with Crippen LogP contribution in [-0.2, 0) is 0 Å². The molecule has 1 aliphatic carbocycles. The van der Waals surface area contributed by atoms with Crippen LogP contribution in [-0.4, -0.2) is 34.2 Å². The molecule has 2 aliphatic rings. The molecule has 98 valence electrons. The molecular formula is C15H27NO. The van der Waals surface area contributed by atoms with Gasteiger partial charge in [0.1, 0.15) is 0 Å². The van der Waals surface area contributed by atoms with Crippen molar-refractivity contribution in [1.29, 1.82) is 0 Å². The molecule has 2 fully saturated rings. The van der Waals surface area contributed by atoms with Crippen molar-refractivity contribution in [1.82, 2.24) is 4.90 Å². The van der Waals surface area contributed by atoms with E-state index in [0.717, 1.165) is 19.3 Å². The molecule has 0 amide bonds. The average Bonchev–Trinajstić information content (AvgIpc) is 2.96. The second-order valence-electron chi connectivity index (χ2n) is 6.70. The number of aliphatic hydroxyl groups is 1. The molecule has 1 saturated heterocycles. The smallest absolute Gasteiger partial charge is 0.0774 e. The minimum atomic E-state index is -0.504. The van der Waals surface area contributed by atoms with Crippen molar-refractivity contribution in [3.05, 3.63) is 12.2 Å². The molecule has 17 heavy (non-hydrogen) atoms. The average molecular weight is 237 g/mol. The third-order valence-electron chi connectivity index (χ3n) is 4.78. The molecule has 0 radical (unpaired) electrons. The van der Waals surface area contributed by atoms with Crippen LogP contribution in [0, 0.1) is 11.8 Å².